The van der Waals surface area contributed by atoms with Crippen LogP contribution in [0.2, 0.25) is 0 Å². The third-order valence-corrected chi connectivity index (χ3v) is 11.1. The smallest absolute Gasteiger partial charge is 0.281 e. The minimum atomic E-state index is -1.99. The number of amides is 3. The molecule has 4 fully saturated rings. The number of piperidine rings is 1. The van der Waals surface area contributed by atoms with Crippen LogP contribution in [0.25, 0.3) is 10.9 Å². The van der Waals surface area contributed by atoms with Crippen LogP contribution in [-0.4, -0.2) is 92.4 Å². The summed E-state index contributed by atoms with van der Waals surface area (Å²) < 4.78 is 6.47. The van der Waals surface area contributed by atoms with Gasteiger partial charge in [-0.15, -0.1) is 0 Å². The van der Waals surface area contributed by atoms with Gasteiger partial charge in [0, 0.05) is 48.1 Å². The van der Waals surface area contributed by atoms with Crippen LogP contribution >= 0.6 is 0 Å². The molecule has 0 spiro atoms. The van der Waals surface area contributed by atoms with Gasteiger partial charge in [0.05, 0.1) is 5.92 Å². The summed E-state index contributed by atoms with van der Waals surface area (Å²) in [4.78, 5) is 51.0. The maximum absolute atomic E-state index is 14.5. The number of fused-ring (bicyclic) bond motifs is 5. The number of hydrogen-bond donors (Lipinski definition) is 3. The van der Waals surface area contributed by atoms with E-state index < -0.39 is 35.5 Å². The predicted molar refractivity (Wildman–Crippen MR) is 156 cm³/mol. The Morgan fingerprint density at radius 2 is 2.05 bits per heavy atom. The lowest BCUT2D eigenvalue weighted by Crippen LogP contribution is -2.72. The lowest BCUT2D eigenvalue weighted by atomic mass is 9.72. The molecule has 0 unspecified atom stereocenters. The van der Waals surface area contributed by atoms with Gasteiger partial charge >= 0.3 is 0 Å². The van der Waals surface area contributed by atoms with Crippen molar-refractivity contribution in [3.8, 4) is 0 Å². The molecule has 5 heterocycles. The molecule has 42 heavy (non-hydrogen) atoms. The molecule has 4 aliphatic heterocycles. The number of ether oxygens (including phenoxy) is 1. The third-order valence-electron chi connectivity index (χ3n) is 11.1. The maximum Gasteiger partial charge on any atom is 0.281 e. The SMILES string of the molecule is CC[C@H](C)[C@H]1C(=O)N2CCC[C@H]2[C@]2(O)O[C@](NC(=O)[C@@H]3C[C@@H]4c5cccc6[nH]cc(c56)C[C@H]4N(C)C3)(C(C)C)C(=O)N12. The first kappa shape index (κ1) is 27.9. The minimum absolute atomic E-state index is 0.144. The van der Waals surface area contributed by atoms with Crippen molar-refractivity contribution in [1.82, 2.24) is 25.0 Å². The number of benzene rings is 1. The van der Waals surface area contributed by atoms with Crippen LogP contribution < -0.4 is 5.32 Å². The van der Waals surface area contributed by atoms with Crippen molar-refractivity contribution in [2.45, 2.75) is 95.5 Å². The van der Waals surface area contributed by atoms with Crippen molar-refractivity contribution in [2.75, 3.05) is 20.1 Å². The molecule has 1 aliphatic carbocycles. The second-order valence-corrected chi connectivity index (χ2v) is 13.7. The molecule has 5 aliphatic rings. The highest BCUT2D eigenvalue weighted by molar-refractivity contribution is 5.98. The monoisotopic (exact) mass is 577 g/mol. The number of aliphatic hydroxyl groups is 1. The Morgan fingerprint density at radius 3 is 2.79 bits per heavy atom. The molecule has 0 radical (unpaired) electrons. The van der Waals surface area contributed by atoms with E-state index in [0.29, 0.717) is 32.4 Å². The van der Waals surface area contributed by atoms with Gasteiger partial charge in [-0.2, -0.15) is 0 Å². The Labute approximate surface area is 246 Å². The molecule has 8 atom stereocenters. The fraction of sp³-hybridized carbons (Fsp3) is 0.656. The Bertz CT molecular complexity index is 1460. The molecule has 4 saturated heterocycles. The molecular weight excluding hydrogens is 534 g/mol. The number of carbonyl (C=O) groups is 3. The molecule has 2 aromatic rings. The maximum atomic E-state index is 14.5. The van der Waals surface area contributed by atoms with Crippen LogP contribution in [0.5, 0.6) is 0 Å². The molecule has 1 aromatic carbocycles. The molecule has 1 aromatic heterocycles. The first-order valence-corrected chi connectivity index (χ1v) is 15.7. The van der Waals surface area contributed by atoms with Gasteiger partial charge in [-0.05, 0) is 55.8 Å². The number of rotatable bonds is 5. The zero-order valence-corrected chi connectivity index (χ0v) is 25.2. The standard InChI is InChI=1S/C32H43N5O5/c1-6-18(4)27-29(39)36-12-8-11-25(36)32(41)37(27)30(40)31(42-32,17(2)3)34-28(38)20-13-22-21-9-7-10-23-26(21)19(15-33-23)14-24(22)35(5)16-20/h7,9-10,15,17-18,20,22,24-25,27,33,41H,6,8,11-14,16H2,1-5H3,(H,34,38)/t18-,20+,22+,24+,25-,27-,31+,32-/m0/s1. The average Bonchev–Trinajstić information content (AvgIpc) is 3.68. The third kappa shape index (κ3) is 3.64. The molecule has 226 valence electrons. The van der Waals surface area contributed by atoms with Gasteiger partial charge in [0.1, 0.15) is 12.1 Å². The largest absolute Gasteiger partial charge is 0.361 e. The van der Waals surface area contributed by atoms with E-state index in [4.69, 9.17) is 4.74 Å². The summed E-state index contributed by atoms with van der Waals surface area (Å²) in [6.07, 6.45) is 5.60. The fourth-order valence-corrected chi connectivity index (χ4v) is 8.64. The highest BCUT2D eigenvalue weighted by atomic mass is 16.7. The van der Waals surface area contributed by atoms with Crippen molar-refractivity contribution >= 4 is 28.6 Å². The molecule has 7 rings (SSSR count). The summed E-state index contributed by atoms with van der Waals surface area (Å²) in [5.74, 6) is -3.79. The molecule has 10 heteroatoms. The van der Waals surface area contributed by atoms with E-state index >= 15 is 0 Å². The number of carbonyl (C=O) groups excluding carboxylic acids is 3. The van der Waals surface area contributed by atoms with Crippen LogP contribution in [0.1, 0.15) is 70.4 Å². The summed E-state index contributed by atoms with van der Waals surface area (Å²) in [6.45, 7) is 8.63. The molecular formula is C32H43N5O5. The molecule has 0 bridgehead atoms. The van der Waals surface area contributed by atoms with Gasteiger partial charge in [0.15, 0.2) is 0 Å². The van der Waals surface area contributed by atoms with Crippen LogP contribution in [0.4, 0.5) is 0 Å². The van der Waals surface area contributed by atoms with E-state index in [0.717, 1.165) is 18.4 Å². The van der Waals surface area contributed by atoms with Crippen LogP contribution in [0.3, 0.4) is 0 Å². The number of nitrogens with one attached hydrogen (secondary N) is 2. The van der Waals surface area contributed by atoms with Crippen molar-refractivity contribution in [1.29, 1.82) is 0 Å². The molecule has 3 N–H and O–H groups in total. The second-order valence-electron chi connectivity index (χ2n) is 13.7. The first-order chi connectivity index (χ1) is 20.0. The molecule has 3 amide bonds. The highest BCUT2D eigenvalue weighted by Crippen LogP contribution is 2.49. The number of piperazine rings is 1. The average molecular weight is 578 g/mol. The van der Waals surface area contributed by atoms with Crippen molar-refractivity contribution in [3.05, 3.63) is 35.5 Å². The second kappa shape index (κ2) is 9.53. The zero-order valence-electron chi connectivity index (χ0n) is 25.2. The van der Waals surface area contributed by atoms with E-state index in [9.17, 15) is 19.5 Å². The van der Waals surface area contributed by atoms with Gasteiger partial charge in [0.25, 0.3) is 11.8 Å². The van der Waals surface area contributed by atoms with Crippen LogP contribution in [-0.2, 0) is 25.5 Å². The number of nitrogens with zero attached hydrogens (tertiary/aromatic N) is 3. The van der Waals surface area contributed by atoms with Gasteiger partial charge in [-0.25, -0.2) is 0 Å². The molecule has 0 saturated carbocycles. The van der Waals surface area contributed by atoms with E-state index in [1.807, 2.05) is 27.7 Å². The van der Waals surface area contributed by atoms with E-state index in [1.165, 1.54) is 21.4 Å². The lowest BCUT2D eigenvalue weighted by molar-refractivity contribution is -0.324. The predicted octanol–water partition coefficient (Wildman–Crippen LogP) is 2.52. The quantitative estimate of drug-likeness (QED) is 0.503. The normalized spacial score (nSPS) is 36.8. The van der Waals surface area contributed by atoms with Crippen molar-refractivity contribution in [2.24, 2.45) is 17.8 Å². The summed E-state index contributed by atoms with van der Waals surface area (Å²) in [6, 6.07) is 5.12. The molecule has 10 nitrogen and oxygen atoms in total. The Kier molecular flexibility index (Phi) is 6.32. The lowest BCUT2D eigenvalue weighted by Gasteiger charge is -2.50. The summed E-state index contributed by atoms with van der Waals surface area (Å²) in [5, 5.41) is 16.5. The fourth-order valence-electron chi connectivity index (χ4n) is 8.64. The Balaban J connectivity index is 1.21. The van der Waals surface area contributed by atoms with Gasteiger partial charge in [-0.3, -0.25) is 24.0 Å². The summed E-state index contributed by atoms with van der Waals surface area (Å²) in [5.41, 5.74) is 1.93. The topological polar surface area (TPSA) is 118 Å². The van der Waals surface area contributed by atoms with Gasteiger partial charge in [0.2, 0.25) is 17.5 Å². The summed E-state index contributed by atoms with van der Waals surface area (Å²) >= 11 is 0. The Morgan fingerprint density at radius 1 is 1.26 bits per heavy atom. The summed E-state index contributed by atoms with van der Waals surface area (Å²) in [7, 11) is 2.07. The number of aromatic nitrogens is 1. The minimum Gasteiger partial charge on any atom is -0.361 e. The van der Waals surface area contributed by atoms with Crippen molar-refractivity contribution < 1.29 is 24.2 Å². The number of aromatic amines is 1. The highest BCUT2D eigenvalue weighted by Gasteiger charge is 2.72. The van der Waals surface area contributed by atoms with E-state index in [1.54, 1.807) is 4.90 Å². The van der Waals surface area contributed by atoms with E-state index in [2.05, 4.69) is 46.6 Å². The first-order valence-electron chi connectivity index (χ1n) is 15.7. The number of likely N-dealkylation sites (tertiary alicyclic amines) is 1. The number of likely N-dealkylation sites (N-methyl/N-ethyl adjacent to an activating group) is 1. The number of H-pyrrole nitrogens is 1. The van der Waals surface area contributed by atoms with Gasteiger partial charge in [-0.1, -0.05) is 46.2 Å². The van der Waals surface area contributed by atoms with Crippen LogP contribution in [0.15, 0.2) is 24.4 Å². The van der Waals surface area contributed by atoms with Crippen LogP contribution in [0, 0.1) is 17.8 Å². The number of hydrogen-bond acceptors (Lipinski definition) is 6. The zero-order chi connectivity index (χ0) is 29.7. The van der Waals surface area contributed by atoms with E-state index in [-0.39, 0.29) is 35.6 Å². The van der Waals surface area contributed by atoms with Crippen molar-refractivity contribution in [3.63, 3.8) is 0 Å². The Hall–Kier alpha value is -2.95. The van der Waals surface area contributed by atoms with Gasteiger partial charge < -0.3 is 25.2 Å².